The third-order valence-corrected chi connectivity index (χ3v) is 3.67. The molecule has 100 valence electrons. The van der Waals surface area contributed by atoms with Crippen LogP contribution in [-0.2, 0) is 12.1 Å². The van der Waals surface area contributed by atoms with Crippen LogP contribution in [0.2, 0.25) is 0 Å². The lowest BCUT2D eigenvalue weighted by molar-refractivity contribution is 0.148. The number of hydrogen-bond acceptors (Lipinski definition) is 3. The second kappa shape index (κ2) is 5.39. The summed E-state index contributed by atoms with van der Waals surface area (Å²) in [5.74, 6) is 0. The number of nitrogens with two attached hydrogens (primary N) is 1. The molecule has 0 radical (unpaired) electrons. The number of likely N-dealkylation sites (N-methyl/N-ethyl adjacent to an activating group) is 1. The Bertz CT molecular complexity index is 387. The zero-order valence-corrected chi connectivity index (χ0v) is 11.8. The van der Waals surface area contributed by atoms with Crippen LogP contribution >= 0.6 is 0 Å². The van der Waals surface area contributed by atoms with Gasteiger partial charge >= 0.3 is 0 Å². The maximum absolute atomic E-state index is 6.16. The molecule has 0 bridgehead atoms. The molecule has 18 heavy (non-hydrogen) atoms. The van der Waals surface area contributed by atoms with Crippen molar-refractivity contribution < 1.29 is 0 Å². The fourth-order valence-corrected chi connectivity index (χ4v) is 2.33. The SMILES string of the molecule is CN1CCN(Cc2cccc(C(C)(C)N)c2)CC1. The Morgan fingerprint density at radius 2 is 1.83 bits per heavy atom. The largest absolute Gasteiger partial charge is 0.322 e. The van der Waals surface area contributed by atoms with Crippen molar-refractivity contribution >= 4 is 0 Å². The van der Waals surface area contributed by atoms with E-state index in [1.165, 1.54) is 24.2 Å². The van der Waals surface area contributed by atoms with E-state index in [2.05, 4.69) is 55.0 Å². The van der Waals surface area contributed by atoms with Gasteiger partial charge < -0.3 is 10.6 Å². The standard InChI is InChI=1S/C15H25N3/c1-15(2,16)14-6-4-5-13(11-14)12-18-9-7-17(3)8-10-18/h4-6,11H,7-10,12,16H2,1-3H3. The van der Waals surface area contributed by atoms with Crippen molar-refractivity contribution in [1.29, 1.82) is 0 Å². The van der Waals surface area contributed by atoms with Crippen molar-refractivity contribution in [3.63, 3.8) is 0 Å². The van der Waals surface area contributed by atoms with Crippen LogP contribution in [0.1, 0.15) is 25.0 Å². The maximum Gasteiger partial charge on any atom is 0.0352 e. The molecule has 0 spiro atoms. The van der Waals surface area contributed by atoms with Gasteiger partial charge in [0.2, 0.25) is 0 Å². The summed E-state index contributed by atoms with van der Waals surface area (Å²) in [6.45, 7) is 9.81. The number of rotatable bonds is 3. The molecule has 3 heteroatoms. The predicted molar refractivity (Wildman–Crippen MR) is 76.4 cm³/mol. The fraction of sp³-hybridized carbons (Fsp3) is 0.600. The summed E-state index contributed by atoms with van der Waals surface area (Å²) in [5, 5.41) is 0. The summed E-state index contributed by atoms with van der Waals surface area (Å²) in [7, 11) is 2.19. The second-order valence-electron chi connectivity index (χ2n) is 6.00. The minimum Gasteiger partial charge on any atom is -0.322 e. The molecule has 2 rings (SSSR count). The van der Waals surface area contributed by atoms with Gasteiger partial charge in [-0.25, -0.2) is 0 Å². The van der Waals surface area contributed by atoms with Gasteiger partial charge in [-0.2, -0.15) is 0 Å². The fourth-order valence-electron chi connectivity index (χ4n) is 2.33. The molecular weight excluding hydrogens is 222 g/mol. The summed E-state index contributed by atoms with van der Waals surface area (Å²) in [4.78, 5) is 4.90. The van der Waals surface area contributed by atoms with E-state index in [9.17, 15) is 0 Å². The second-order valence-corrected chi connectivity index (χ2v) is 6.00. The molecule has 1 aromatic carbocycles. The summed E-state index contributed by atoms with van der Waals surface area (Å²) in [6.07, 6.45) is 0. The van der Waals surface area contributed by atoms with Crippen LogP contribution in [0.25, 0.3) is 0 Å². The van der Waals surface area contributed by atoms with E-state index >= 15 is 0 Å². The van der Waals surface area contributed by atoms with Gasteiger partial charge in [0.25, 0.3) is 0 Å². The highest BCUT2D eigenvalue weighted by Gasteiger charge is 2.16. The van der Waals surface area contributed by atoms with Crippen LogP contribution in [0, 0.1) is 0 Å². The molecule has 1 aliphatic rings. The van der Waals surface area contributed by atoms with E-state index in [-0.39, 0.29) is 5.54 Å². The zero-order valence-electron chi connectivity index (χ0n) is 11.8. The van der Waals surface area contributed by atoms with Crippen molar-refractivity contribution in [2.24, 2.45) is 5.73 Å². The number of nitrogens with zero attached hydrogens (tertiary/aromatic N) is 2. The molecule has 0 atom stereocenters. The third kappa shape index (κ3) is 3.55. The van der Waals surface area contributed by atoms with Crippen LogP contribution in [0.5, 0.6) is 0 Å². The lowest BCUT2D eigenvalue weighted by Gasteiger charge is -2.32. The average Bonchev–Trinajstić information content (AvgIpc) is 2.31. The molecule has 0 aliphatic carbocycles. The molecule has 2 N–H and O–H groups in total. The molecular formula is C15H25N3. The van der Waals surface area contributed by atoms with Gasteiger partial charge in [0.05, 0.1) is 0 Å². The first-order valence-corrected chi connectivity index (χ1v) is 6.74. The Labute approximate surface area is 111 Å². The Morgan fingerprint density at radius 3 is 2.44 bits per heavy atom. The van der Waals surface area contributed by atoms with Gasteiger partial charge in [-0.3, -0.25) is 4.90 Å². The summed E-state index contributed by atoms with van der Waals surface area (Å²) in [6, 6.07) is 8.69. The maximum atomic E-state index is 6.16. The molecule has 1 saturated heterocycles. The van der Waals surface area contributed by atoms with E-state index in [0.29, 0.717) is 0 Å². The lowest BCUT2D eigenvalue weighted by Crippen LogP contribution is -2.43. The number of hydrogen-bond donors (Lipinski definition) is 1. The molecule has 1 heterocycles. The number of benzene rings is 1. The first-order chi connectivity index (χ1) is 8.45. The van der Waals surface area contributed by atoms with Gasteiger partial charge in [-0.1, -0.05) is 24.3 Å². The van der Waals surface area contributed by atoms with Crippen molar-refractivity contribution in [3.8, 4) is 0 Å². The molecule has 1 fully saturated rings. The Morgan fingerprint density at radius 1 is 1.17 bits per heavy atom. The van der Waals surface area contributed by atoms with Crippen LogP contribution in [-0.4, -0.2) is 43.0 Å². The van der Waals surface area contributed by atoms with Crippen LogP contribution in [0.3, 0.4) is 0 Å². The minimum absolute atomic E-state index is 0.252. The Kier molecular flexibility index (Phi) is 4.05. The first kappa shape index (κ1) is 13.5. The van der Waals surface area contributed by atoms with E-state index in [4.69, 9.17) is 5.73 Å². The molecule has 0 aromatic heterocycles. The Balaban J connectivity index is 2.01. The normalized spacial score (nSPS) is 19.1. The van der Waals surface area contributed by atoms with Crippen molar-refractivity contribution in [2.45, 2.75) is 25.9 Å². The van der Waals surface area contributed by atoms with E-state index in [1.807, 2.05) is 0 Å². The van der Waals surface area contributed by atoms with Crippen LogP contribution < -0.4 is 5.73 Å². The predicted octanol–water partition coefficient (Wildman–Crippen LogP) is 1.63. The van der Waals surface area contributed by atoms with Gasteiger partial charge in [0.1, 0.15) is 0 Å². The highest BCUT2D eigenvalue weighted by Crippen LogP contribution is 2.19. The molecule has 1 aromatic rings. The topological polar surface area (TPSA) is 32.5 Å². The summed E-state index contributed by atoms with van der Waals surface area (Å²) in [5.41, 5.74) is 8.49. The number of piperazine rings is 1. The zero-order chi connectivity index (χ0) is 13.2. The molecule has 0 unspecified atom stereocenters. The van der Waals surface area contributed by atoms with E-state index in [0.717, 1.165) is 19.6 Å². The molecule has 0 amide bonds. The lowest BCUT2D eigenvalue weighted by atomic mass is 9.94. The first-order valence-electron chi connectivity index (χ1n) is 6.74. The molecule has 1 aliphatic heterocycles. The summed E-state index contributed by atoms with van der Waals surface area (Å²) < 4.78 is 0. The smallest absolute Gasteiger partial charge is 0.0352 e. The quantitative estimate of drug-likeness (QED) is 0.881. The monoisotopic (exact) mass is 247 g/mol. The van der Waals surface area contributed by atoms with Crippen LogP contribution in [0.15, 0.2) is 24.3 Å². The molecule has 3 nitrogen and oxygen atoms in total. The van der Waals surface area contributed by atoms with Gasteiger partial charge in [-0.15, -0.1) is 0 Å². The van der Waals surface area contributed by atoms with E-state index < -0.39 is 0 Å². The third-order valence-electron chi connectivity index (χ3n) is 3.67. The van der Waals surface area contributed by atoms with Gasteiger partial charge in [0.15, 0.2) is 0 Å². The average molecular weight is 247 g/mol. The minimum atomic E-state index is -0.252. The molecule has 0 saturated carbocycles. The van der Waals surface area contributed by atoms with Crippen molar-refractivity contribution in [1.82, 2.24) is 9.80 Å². The Hall–Kier alpha value is -0.900. The van der Waals surface area contributed by atoms with Crippen molar-refractivity contribution in [2.75, 3.05) is 33.2 Å². The van der Waals surface area contributed by atoms with E-state index in [1.54, 1.807) is 0 Å². The highest BCUT2D eigenvalue weighted by atomic mass is 15.2. The van der Waals surface area contributed by atoms with Gasteiger partial charge in [-0.05, 0) is 32.0 Å². The van der Waals surface area contributed by atoms with Gasteiger partial charge in [0, 0.05) is 38.3 Å². The van der Waals surface area contributed by atoms with Crippen molar-refractivity contribution in [3.05, 3.63) is 35.4 Å². The summed E-state index contributed by atoms with van der Waals surface area (Å²) >= 11 is 0. The van der Waals surface area contributed by atoms with Crippen LogP contribution in [0.4, 0.5) is 0 Å². The highest BCUT2D eigenvalue weighted by molar-refractivity contribution is 5.28.